The molecule has 0 aliphatic carbocycles. The molecular weight excluding hydrogens is 345 g/mol. The quantitative estimate of drug-likeness (QED) is 0.766. The highest BCUT2D eigenvalue weighted by atomic mass is 19.4. The Hall–Kier alpha value is -2.61. The van der Waals surface area contributed by atoms with Gasteiger partial charge in [0, 0.05) is 49.1 Å². The molecule has 26 heavy (non-hydrogen) atoms. The van der Waals surface area contributed by atoms with E-state index < -0.39 is 11.7 Å². The number of aromatic nitrogens is 3. The third-order valence-corrected chi connectivity index (χ3v) is 4.54. The van der Waals surface area contributed by atoms with Gasteiger partial charge in [0.1, 0.15) is 17.3 Å². The lowest BCUT2D eigenvalue weighted by atomic mass is 10.0. The molecule has 4 rings (SSSR count). The van der Waals surface area contributed by atoms with Crippen molar-refractivity contribution >= 4 is 0 Å². The van der Waals surface area contributed by atoms with Crippen molar-refractivity contribution in [2.24, 2.45) is 0 Å². The number of alkyl halides is 3. The third kappa shape index (κ3) is 3.24. The lowest BCUT2D eigenvalue weighted by molar-refractivity contribution is -0.137. The maximum Gasteiger partial charge on any atom is 0.416 e. The van der Waals surface area contributed by atoms with Crippen molar-refractivity contribution in [3.8, 4) is 11.3 Å². The van der Waals surface area contributed by atoms with Gasteiger partial charge >= 0.3 is 6.18 Å². The molecule has 0 bridgehead atoms. The first-order valence-corrected chi connectivity index (χ1v) is 8.28. The summed E-state index contributed by atoms with van der Waals surface area (Å²) in [6.07, 6.45) is -1.81. The molecule has 1 N–H and O–H groups in total. The van der Waals surface area contributed by atoms with Crippen LogP contribution in [0, 0.1) is 6.92 Å². The summed E-state index contributed by atoms with van der Waals surface area (Å²) in [7, 11) is 0. The largest absolute Gasteiger partial charge is 0.416 e. The van der Waals surface area contributed by atoms with Crippen LogP contribution in [0.1, 0.15) is 28.4 Å². The molecule has 0 fully saturated rings. The van der Waals surface area contributed by atoms with Crippen LogP contribution in [0.5, 0.6) is 0 Å². The predicted molar refractivity (Wildman–Crippen MR) is 88.1 cm³/mol. The Morgan fingerprint density at radius 1 is 1.23 bits per heavy atom. The zero-order valence-corrected chi connectivity index (χ0v) is 14.1. The van der Waals surface area contributed by atoms with E-state index in [1.807, 2.05) is 13.1 Å². The van der Waals surface area contributed by atoms with Crippen molar-refractivity contribution in [1.29, 1.82) is 0 Å². The minimum absolute atomic E-state index is 0.610. The molecule has 2 aromatic heterocycles. The fraction of sp³-hybridized carbons (Fsp3) is 0.333. The molecule has 0 radical (unpaired) electrons. The van der Waals surface area contributed by atoms with Crippen LogP contribution in [0.3, 0.4) is 0 Å². The van der Waals surface area contributed by atoms with E-state index in [4.69, 9.17) is 4.52 Å². The molecule has 136 valence electrons. The van der Waals surface area contributed by atoms with Gasteiger partial charge in [0.15, 0.2) is 0 Å². The highest BCUT2D eigenvalue weighted by Gasteiger charge is 2.31. The van der Waals surface area contributed by atoms with Gasteiger partial charge in [0.05, 0.1) is 5.56 Å². The minimum atomic E-state index is -4.35. The standard InChI is InChI=1S/C18H17F3N4O/c1-11-22-8-14(23-11)9-25-7-6-16-15(10-25)17(24-26-16)12-2-4-13(5-3-12)18(19,20)21/h2-5,8H,6-7,9-10H2,1H3,(H,22,23). The number of benzene rings is 1. The van der Waals surface area contributed by atoms with Gasteiger partial charge in [-0.25, -0.2) is 4.98 Å². The van der Waals surface area contributed by atoms with Crippen molar-refractivity contribution in [1.82, 2.24) is 20.0 Å². The SMILES string of the molecule is Cc1ncc(CN2CCc3onc(-c4ccc(C(F)(F)F)cc4)c3C2)[nH]1. The first-order valence-electron chi connectivity index (χ1n) is 8.28. The molecule has 1 aliphatic heterocycles. The number of imidazole rings is 1. The maximum absolute atomic E-state index is 12.7. The van der Waals surface area contributed by atoms with Gasteiger partial charge in [0.2, 0.25) is 0 Å². The highest BCUT2D eigenvalue weighted by Crippen LogP contribution is 2.33. The average molecular weight is 362 g/mol. The molecule has 0 atom stereocenters. The Morgan fingerprint density at radius 2 is 2.00 bits per heavy atom. The second-order valence-corrected chi connectivity index (χ2v) is 6.46. The van der Waals surface area contributed by atoms with E-state index in [9.17, 15) is 13.2 Å². The second-order valence-electron chi connectivity index (χ2n) is 6.46. The summed E-state index contributed by atoms with van der Waals surface area (Å²) in [6, 6.07) is 5.03. The first kappa shape index (κ1) is 16.8. The number of nitrogens with zero attached hydrogens (tertiary/aromatic N) is 3. The lowest BCUT2D eigenvalue weighted by Gasteiger charge is -2.25. The Balaban J connectivity index is 1.56. The summed E-state index contributed by atoms with van der Waals surface area (Å²) in [5, 5.41) is 4.10. The van der Waals surface area contributed by atoms with Crippen LogP contribution in [0.2, 0.25) is 0 Å². The van der Waals surface area contributed by atoms with E-state index in [-0.39, 0.29) is 0 Å². The van der Waals surface area contributed by atoms with Crippen LogP contribution in [-0.2, 0) is 25.7 Å². The fourth-order valence-electron chi connectivity index (χ4n) is 3.24. The summed E-state index contributed by atoms with van der Waals surface area (Å²) < 4.78 is 43.7. The number of halogens is 3. The van der Waals surface area contributed by atoms with E-state index in [0.29, 0.717) is 17.8 Å². The topological polar surface area (TPSA) is 58.0 Å². The number of hydrogen-bond acceptors (Lipinski definition) is 4. The van der Waals surface area contributed by atoms with E-state index in [2.05, 4.69) is 20.0 Å². The molecule has 0 saturated heterocycles. The Bertz CT molecular complexity index is 911. The summed E-state index contributed by atoms with van der Waals surface area (Å²) in [4.78, 5) is 9.65. The number of aryl methyl sites for hydroxylation is 1. The van der Waals surface area contributed by atoms with Gasteiger partial charge in [-0.05, 0) is 19.1 Å². The molecule has 3 heterocycles. The molecule has 0 unspecified atom stereocenters. The van der Waals surface area contributed by atoms with Gasteiger partial charge in [-0.3, -0.25) is 4.90 Å². The molecule has 5 nitrogen and oxygen atoms in total. The van der Waals surface area contributed by atoms with Crippen molar-refractivity contribution in [3.63, 3.8) is 0 Å². The second kappa shape index (κ2) is 6.28. The summed E-state index contributed by atoms with van der Waals surface area (Å²) in [5.41, 5.74) is 2.53. The Labute approximate surface area is 147 Å². The van der Waals surface area contributed by atoms with Crippen LogP contribution in [0.25, 0.3) is 11.3 Å². The highest BCUT2D eigenvalue weighted by molar-refractivity contribution is 5.64. The van der Waals surface area contributed by atoms with Crippen LogP contribution in [0.15, 0.2) is 35.0 Å². The normalized spacial score (nSPS) is 15.2. The van der Waals surface area contributed by atoms with Crippen LogP contribution in [0.4, 0.5) is 13.2 Å². The van der Waals surface area contributed by atoms with Crippen LogP contribution in [-0.4, -0.2) is 26.6 Å². The van der Waals surface area contributed by atoms with Crippen molar-refractivity contribution < 1.29 is 17.7 Å². The number of rotatable bonds is 3. The molecular formula is C18H17F3N4O. The fourth-order valence-corrected chi connectivity index (χ4v) is 3.24. The Morgan fingerprint density at radius 3 is 2.65 bits per heavy atom. The van der Waals surface area contributed by atoms with Gasteiger partial charge in [-0.2, -0.15) is 13.2 Å². The smallest absolute Gasteiger partial charge is 0.360 e. The van der Waals surface area contributed by atoms with Gasteiger partial charge in [-0.1, -0.05) is 17.3 Å². The Kier molecular flexibility index (Phi) is 4.07. The van der Waals surface area contributed by atoms with E-state index in [1.165, 1.54) is 12.1 Å². The molecule has 3 aromatic rings. The zero-order chi connectivity index (χ0) is 18.3. The summed E-state index contributed by atoms with van der Waals surface area (Å²) in [6.45, 7) is 4.08. The van der Waals surface area contributed by atoms with Crippen molar-refractivity contribution in [2.45, 2.75) is 32.6 Å². The number of nitrogens with one attached hydrogen (secondary N) is 1. The molecule has 1 aliphatic rings. The average Bonchev–Trinajstić information content (AvgIpc) is 3.20. The molecule has 0 saturated carbocycles. The minimum Gasteiger partial charge on any atom is -0.360 e. The van der Waals surface area contributed by atoms with Gasteiger partial charge in [-0.15, -0.1) is 0 Å². The van der Waals surface area contributed by atoms with E-state index in [1.54, 1.807) is 0 Å². The van der Waals surface area contributed by atoms with E-state index in [0.717, 1.165) is 54.5 Å². The molecule has 0 amide bonds. The van der Waals surface area contributed by atoms with Crippen LogP contribution < -0.4 is 0 Å². The predicted octanol–water partition coefficient (Wildman–Crippen LogP) is 3.95. The zero-order valence-electron chi connectivity index (χ0n) is 14.1. The van der Waals surface area contributed by atoms with Crippen LogP contribution >= 0.6 is 0 Å². The number of fused-ring (bicyclic) bond motifs is 1. The van der Waals surface area contributed by atoms with E-state index >= 15 is 0 Å². The summed E-state index contributed by atoms with van der Waals surface area (Å²) in [5.74, 6) is 1.67. The molecule has 1 aromatic carbocycles. The van der Waals surface area contributed by atoms with Crippen molar-refractivity contribution in [2.75, 3.05) is 6.54 Å². The molecule has 0 spiro atoms. The summed E-state index contributed by atoms with van der Waals surface area (Å²) >= 11 is 0. The van der Waals surface area contributed by atoms with Gasteiger partial charge < -0.3 is 9.51 Å². The first-order chi connectivity index (χ1) is 12.4. The van der Waals surface area contributed by atoms with Crippen molar-refractivity contribution in [3.05, 3.63) is 58.9 Å². The number of H-pyrrole nitrogens is 1. The lowest BCUT2D eigenvalue weighted by Crippen LogP contribution is -2.29. The number of aromatic amines is 1. The van der Waals surface area contributed by atoms with Gasteiger partial charge in [0.25, 0.3) is 0 Å². The molecule has 8 heteroatoms. The third-order valence-electron chi connectivity index (χ3n) is 4.54. The monoisotopic (exact) mass is 362 g/mol. The maximum atomic E-state index is 12.7. The number of hydrogen-bond donors (Lipinski definition) is 1.